The monoisotopic (exact) mass is 297 g/mol. The molecular weight excluding hydrogens is 276 g/mol. The van der Waals surface area contributed by atoms with Crippen LogP contribution in [0.4, 0.5) is 0 Å². The highest BCUT2D eigenvalue weighted by molar-refractivity contribution is 6.64. The molecule has 0 bridgehead atoms. The first-order valence-electron chi connectivity index (χ1n) is 6.81. The van der Waals surface area contributed by atoms with Crippen molar-refractivity contribution in [2.75, 3.05) is 0 Å². The molecule has 2 heterocycles. The molecule has 4 nitrogen and oxygen atoms in total. The molecular formula is C14H21BClNO3. The van der Waals surface area contributed by atoms with Crippen molar-refractivity contribution in [1.82, 2.24) is 4.98 Å². The first-order valence-corrected chi connectivity index (χ1v) is 7.19. The topological polar surface area (TPSA) is 51.6 Å². The van der Waals surface area contributed by atoms with Crippen molar-refractivity contribution >= 4 is 24.3 Å². The van der Waals surface area contributed by atoms with Crippen LogP contribution >= 0.6 is 11.6 Å². The van der Waals surface area contributed by atoms with Gasteiger partial charge in [0.2, 0.25) is 0 Å². The molecule has 1 aliphatic rings. The molecule has 110 valence electrons. The Kier molecular flexibility index (Phi) is 4.18. The van der Waals surface area contributed by atoms with Gasteiger partial charge in [-0.05, 0) is 46.8 Å². The zero-order valence-corrected chi connectivity index (χ0v) is 13.4. The summed E-state index contributed by atoms with van der Waals surface area (Å²) in [5, 5.41) is 9.97. The van der Waals surface area contributed by atoms with Crippen LogP contribution in [0.2, 0.25) is 5.02 Å². The fourth-order valence-electron chi connectivity index (χ4n) is 2.04. The van der Waals surface area contributed by atoms with E-state index < -0.39 is 24.4 Å². The molecule has 1 N–H and O–H groups in total. The first-order chi connectivity index (χ1) is 9.12. The van der Waals surface area contributed by atoms with Crippen LogP contribution in [0.15, 0.2) is 12.1 Å². The van der Waals surface area contributed by atoms with Crippen molar-refractivity contribution in [1.29, 1.82) is 0 Å². The van der Waals surface area contributed by atoms with Crippen LogP contribution in [0.1, 0.15) is 40.3 Å². The third-order valence-corrected chi connectivity index (χ3v) is 4.23. The lowest BCUT2D eigenvalue weighted by atomic mass is 9.84. The van der Waals surface area contributed by atoms with E-state index in [0.29, 0.717) is 17.0 Å². The Morgan fingerprint density at radius 3 is 2.30 bits per heavy atom. The predicted molar refractivity (Wildman–Crippen MR) is 80.3 cm³/mol. The van der Waals surface area contributed by atoms with Gasteiger partial charge >= 0.3 is 7.12 Å². The summed E-state index contributed by atoms with van der Waals surface area (Å²) < 4.78 is 11.9. The Morgan fingerprint density at radius 1 is 1.25 bits per heavy atom. The molecule has 1 aliphatic heterocycles. The number of hydrogen-bond donors (Lipinski definition) is 1. The minimum Gasteiger partial charge on any atom is -0.398 e. The van der Waals surface area contributed by atoms with Gasteiger partial charge in [0.25, 0.3) is 0 Å². The molecule has 1 unspecified atom stereocenters. The first kappa shape index (κ1) is 15.8. The van der Waals surface area contributed by atoms with E-state index in [1.807, 2.05) is 33.8 Å². The smallest absolute Gasteiger partial charge is 0.398 e. The highest BCUT2D eigenvalue weighted by Crippen LogP contribution is 2.36. The number of aliphatic hydroxyl groups excluding tert-OH is 1. The van der Waals surface area contributed by atoms with Gasteiger partial charge in [0.05, 0.1) is 27.9 Å². The maximum atomic E-state index is 9.46. The quantitative estimate of drug-likeness (QED) is 0.867. The SMILES string of the molecule is CC(O)Cc1ccc(Cl)c(B2OC(C)(C)C(C)(C)O2)n1. The van der Waals surface area contributed by atoms with Crippen molar-refractivity contribution in [3.63, 3.8) is 0 Å². The summed E-state index contributed by atoms with van der Waals surface area (Å²) in [5.74, 6) is 0. The fraction of sp³-hybridized carbons (Fsp3) is 0.643. The molecule has 1 fully saturated rings. The summed E-state index contributed by atoms with van der Waals surface area (Å²) >= 11 is 6.21. The second kappa shape index (κ2) is 5.30. The van der Waals surface area contributed by atoms with E-state index >= 15 is 0 Å². The number of rotatable bonds is 3. The van der Waals surface area contributed by atoms with Crippen LogP contribution in [-0.4, -0.2) is 34.5 Å². The molecule has 2 rings (SSSR count). The summed E-state index contributed by atoms with van der Waals surface area (Å²) in [7, 11) is -0.582. The maximum absolute atomic E-state index is 9.46. The summed E-state index contributed by atoms with van der Waals surface area (Å²) in [6, 6.07) is 3.58. The average Bonchev–Trinajstić information content (AvgIpc) is 2.50. The van der Waals surface area contributed by atoms with Crippen LogP contribution in [-0.2, 0) is 15.7 Å². The second-order valence-electron chi connectivity index (χ2n) is 6.31. The number of aliphatic hydroxyl groups is 1. The molecule has 0 saturated carbocycles. The Bertz CT molecular complexity index is 489. The van der Waals surface area contributed by atoms with Crippen molar-refractivity contribution < 1.29 is 14.4 Å². The van der Waals surface area contributed by atoms with E-state index in [2.05, 4.69) is 4.98 Å². The van der Waals surface area contributed by atoms with E-state index in [9.17, 15) is 5.11 Å². The number of halogens is 1. The zero-order valence-electron chi connectivity index (χ0n) is 12.6. The number of hydrogen-bond acceptors (Lipinski definition) is 4. The normalized spacial score (nSPS) is 22.1. The van der Waals surface area contributed by atoms with Gasteiger partial charge in [-0.15, -0.1) is 0 Å². The van der Waals surface area contributed by atoms with Crippen LogP contribution in [0.25, 0.3) is 0 Å². The zero-order chi connectivity index (χ0) is 15.1. The molecule has 20 heavy (non-hydrogen) atoms. The Balaban J connectivity index is 2.30. The Hall–Kier alpha value is -0.615. The van der Waals surface area contributed by atoms with Gasteiger partial charge in [-0.1, -0.05) is 11.6 Å². The van der Waals surface area contributed by atoms with Gasteiger partial charge in [-0.3, -0.25) is 4.98 Å². The van der Waals surface area contributed by atoms with Gasteiger partial charge in [-0.25, -0.2) is 0 Å². The fourth-order valence-corrected chi connectivity index (χ4v) is 2.23. The molecule has 0 amide bonds. The van der Waals surface area contributed by atoms with Crippen LogP contribution in [0, 0.1) is 0 Å². The number of nitrogens with zero attached hydrogens (tertiary/aromatic N) is 1. The molecule has 0 radical (unpaired) electrons. The van der Waals surface area contributed by atoms with Gasteiger partial charge in [-0.2, -0.15) is 0 Å². The molecule has 0 aromatic carbocycles. The minimum atomic E-state index is -0.582. The van der Waals surface area contributed by atoms with Crippen LogP contribution < -0.4 is 5.59 Å². The van der Waals surface area contributed by atoms with Gasteiger partial charge in [0.15, 0.2) is 0 Å². The molecule has 1 saturated heterocycles. The Morgan fingerprint density at radius 2 is 1.80 bits per heavy atom. The van der Waals surface area contributed by atoms with Gasteiger partial charge in [0.1, 0.15) is 0 Å². The summed E-state index contributed by atoms with van der Waals surface area (Å²) in [4.78, 5) is 4.48. The van der Waals surface area contributed by atoms with E-state index in [1.165, 1.54) is 0 Å². The van der Waals surface area contributed by atoms with Crippen molar-refractivity contribution in [2.24, 2.45) is 0 Å². The summed E-state index contributed by atoms with van der Waals surface area (Å²) in [6.07, 6.45) is 0.0266. The standard InChI is InChI=1S/C14H21BClNO3/c1-9(18)8-10-6-7-11(16)12(17-10)15-19-13(2,3)14(4,5)20-15/h6-7,9,18H,8H2,1-5H3. The van der Waals surface area contributed by atoms with Gasteiger partial charge < -0.3 is 14.4 Å². The third-order valence-electron chi connectivity index (χ3n) is 3.91. The largest absolute Gasteiger partial charge is 0.516 e. The molecule has 0 aliphatic carbocycles. The summed E-state index contributed by atoms with van der Waals surface area (Å²) in [6.45, 7) is 9.67. The summed E-state index contributed by atoms with van der Waals surface area (Å²) in [5.41, 5.74) is 0.490. The molecule has 6 heteroatoms. The van der Waals surface area contributed by atoms with Gasteiger partial charge in [0, 0.05) is 12.1 Å². The second-order valence-corrected chi connectivity index (χ2v) is 6.72. The predicted octanol–water partition coefficient (Wildman–Crippen LogP) is 1.96. The minimum absolute atomic E-state index is 0.428. The van der Waals surface area contributed by atoms with E-state index in [1.54, 1.807) is 13.0 Å². The van der Waals surface area contributed by atoms with E-state index in [4.69, 9.17) is 20.9 Å². The Labute approximate surface area is 125 Å². The van der Waals surface area contributed by atoms with Crippen LogP contribution in [0.3, 0.4) is 0 Å². The lowest BCUT2D eigenvalue weighted by Crippen LogP contribution is -2.41. The third kappa shape index (κ3) is 3.01. The molecule has 1 atom stereocenters. The molecule has 1 aromatic heterocycles. The van der Waals surface area contributed by atoms with E-state index in [0.717, 1.165) is 5.69 Å². The average molecular weight is 298 g/mol. The van der Waals surface area contributed by atoms with Crippen molar-refractivity contribution in [3.8, 4) is 0 Å². The maximum Gasteiger partial charge on any atom is 0.516 e. The highest BCUT2D eigenvalue weighted by atomic mass is 35.5. The highest BCUT2D eigenvalue weighted by Gasteiger charge is 2.52. The lowest BCUT2D eigenvalue weighted by molar-refractivity contribution is 0.00578. The van der Waals surface area contributed by atoms with E-state index in [-0.39, 0.29) is 0 Å². The van der Waals surface area contributed by atoms with Crippen LogP contribution in [0.5, 0.6) is 0 Å². The lowest BCUT2D eigenvalue weighted by Gasteiger charge is -2.32. The van der Waals surface area contributed by atoms with Crippen molar-refractivity contribution in [3.05, 3.63) is 22.8 Å². The van der Waals surface area contributed by atoms with Crippen molar-refractivity contribution in [2.45, 2.75) is 58.3 Å². The number of pyridine rings is 1. The molecule has 0 spiro atoms. The molecule has 1 aromatic rings. The number of aromatic nitrogens is 1.